The number of ketones is 1. The van der Waals surface area contributed by atoms with Crippen molar-refractivity contribution < 1.29 is 14.6 Å². The normalized spacial score (nSPS) is 32.7. The fraction of sp³-hybridized carbons (Fsp3) is 0.483. The summed E-state index contributed by atoms with van der Waals surface area (Å²) in [6.45, 7) is 12.4. The van der Waals surface area contributed by atoms with Gasteiger partial charge >= 0.3 is 0 Å². The molecule has 1 unspecified atom stereocenters. The summed E-state index contributed by atoms with van der Waals surface area (Å²) >= 11 is 6.45. The zero-order valence-corrected chi connectivity index (χ0v) is 21.1. The Morgan fingerprint density at radius 3 is 2.27 bits per heavy atom. The monoisotopic (exact) mass is 464 g/mol. The number of fused-ring (bicyclic) bond motifs is 5. The first-order valence-corrected chi connectivity index (χ1v) is 12.5. The van der Waals surface area contributed by atoms with Gasteiger partial charge in [-0.3, -0.25) is 4.79 Å². The van der Waals surface area contributed by atoms with Crippen molar-refractivity contribution in [2.75, 3.05) is 0 Å². The van der Waals surface area contributed by atoms with Crippen molar-refractivity contribution in [2.24, 2.45) is 10.8 Å². The molecule has 2 aromatic carbocycles. The third-order valence-electron chi connectivity index (χ3n) is 8.95. The molecule has 5 rings (SSSR count). The number of ether oxygens (including phenoxy) is 1. The molecular weight excluding hydrogens is 432 g/mol. The zero-order valence-electron chi connectivity index (χ0n) is 20.4. The maximum Gasteiger partial charge on any atom is 0.176 e. The number of aryl methyl sites for hydroxylation is 4. The highest BCUT2D eigenvalue weighted by Crippen LogP contribution is 2.71. The third-order valence-corrected chi connectivity index (χ3v) is 9.35. The van der Waals surface area contributed by atoms with Crippen LogP contribution in [0.15, 0.2) is 36.1 Å². The van der Waals surface area contributed by atoms with Gasteiger partial charge in [-0.25, -0.2) is 0 Å². The molecule has 0 saturated carbocycles. The van der Waals surface area contributed by atoms with Gasteiger partial charge in [-0.2, -0.15) is 0 Å². The van der Waals surface area contributed by atoms with Crippen LogP contribution in [0, 0.1) is 24.7 Å². The van der Waals surface area contributed by atoms with Crippen molar-refractivity contribution in [3.8, 4) is 0 Å². The molecule has 1 N–H and O–H groups in total. The molecule has 174 valence electrons. The molecule has 2 aliphatic heterocycles. The van der Waals surface area contributed by atoms with E-state index in [0.29, 0.717) is 5.57 Å². The Hall–Kier alpha value is -2.10. The van der Waals surface area contributed by atoms with E-state index < -0.39 is 10.8 Å². The average molecular weight is 465 g/mol. The molecule has 0 radical (unpaired) electrons. The molecule has 4 heteroatoms. The lowest BCUT2D eigenvalue weighted by atomic mass is 9.55. The van der Waals surface area contributed by atoms with Gasteiger partial charge in [0.05, 0.1) is 28.6 Å². The molecule has 2 heterocycles. The first-order valence-electron chi connectivity index (χ1n) is 12.1. The molecule has 2 saturated heterocycles. The van der Waals surface area contributed by atoms with Gasteiger partial charge < -0.3 is 9.84 Å². The summed E-state index contributed by atoms with van der Waals surface area (Å²) in [5, 5.41) is 12.6. The van der Waals surface area contributed by atoms with Gasteiger partial charge in [-0.05, 0) is 80.8 Å². The molecule has 1 aliphatic carbocycles. The van der Waals surface area contributed by atoms with Crippen molar-refractivity contribution in [2.45, 2.75) is 78.9 Å². The molecule has 3 aliphatic rings. The predicted octanol–water partition coefficient (Wildman–Crippen LogP) is 6.90. The number of rotatable bonds is 4. The lowest BCUT2D eigenvalue weighted by molar-refractivity contribution is -0.127. The van der Waals surface area contributed by atoms with E-state index in [1.807, 2.05) is 32.9 Å². The maximum atomic E-state index is 14.2. The van der Waals surface area contributed by atoms with Gasteiger partial charge in [0.1, 0.15) is 5.76 Å². The highest BCUT2D eigenvalue weighted by atomic mass is 35.5. The Kier molecular flexibility index (Phi) is 5.12. The van der Waals surface area contributed by atoms with Crippen molar-refractivity contribution in [3.63, 3.8) is 0 Å². The number of benzene rings is 2. The van der Waals surface area contributed by atoms with Crippen LogP contribution in [0.3, 0.4) is 0 Å². The summed E-state index contributed by atoms with van der Waals surface area (Å²) in [5.41, 5.74) is 5.53. The van der Waals surface area contributed by atoms with E-state index in [-0.39, 0.29) is 29.7 Å². The Balaban J connectivity index is 1.68. The number of carbonyl (C=O) groups is 1. The summed E-state index contributed by atoms with van der Waals surface area (Å²) in [5.74, 6) is 0.331. The number of carbonyl (C=O) groups excluding carboxylic acids is 1. The zero-order chi connectivity index (χ0) is 23.9. The molecule has 0 spiro atoms. The van der Waals surface area contributed by atoms with E-state index in [0.717, 1.165) is 52.1 Å². The van der Waals surface area contributed by atoms with Crippen LogP contribution in [0.4, 0.5) is 0 Å². The minimum atomic E-state index is -0.775. The number of halogens is 1. The molecule has 33 heavy (non-hydrogen) atoms. The highest BCUT2D eigenvalue weighted by molar-refractivity contribution is 6.31. The lowest BCUT2D eigenvalue weighted by Gasteiger charge is -2.43. The van der Waals surface area contributed by atoms with Crippen LogP contribution < -0.4 is 0 Å². The van der Waals surface area contributed by atoms with Crippen molar-refractivity contribution in [1.82, 2.24) is 0 Å². The van der Waals surface area contributed by atoms with Gasteiger partial charge in [0.25, 0.3) is 0 Å². The topological polar surface area (TPSA) is 46.5 Å². The van der Waals surface area contributed by atoms with Crippen molar-refractivity contribution in [3.05, 3.63) is 74.5 Å². The van der Waals surface area contributed by atoms with E-state index in [2.05, 4.69) is 39.0 Å². The van der Waals surface area contributed by atoms with Gasteiger partial charge in [-0.15, -0.1) is 0 Å². The summed E-state index contributed by atoms with van der Waals surface area (Å²) in [6.07, 6.45) is 1.89. The summed E-state index contributed by atoms with van der Waals surface area (Å²) in [6, 6.07) is 10.5. The van der Waals surface area contributed by atoms with Crippen LogP contribution in [-0.2, 0) is 22.4 Å². The van der Waals surface area contributed by atoms with E-state index in [1.54, 1.807) is 0 Å². The molecule has 0 amide bonds. The van der Waals surface area contributed by atoms with Crippen LogP contribution in [-0.4, -0.2) is 23.1 Å². The molecule has 0 aromatic heterocycles. The largest absolute Gasteiger partial charge is 0.511 e. The number of aliphatic hydroxyl groups is 1. The van der Waals surface area contributed by atoms with E-state index in [9.17, 15) is 9.90 Å². The second kappa shape index (κ2) is 7.45. The first-order chi connectivity index (χ1) is 15.6. The van der Waals surface area contributed by atoms with Crippen LogP contribution in [0.2, 0.25) is 5.02 Å². The number of aliphatic hydroxyl groups excluding tert-OH is 1. The van der Waals surface area contributed by atoms with Crippen molar-refractivity contribution in [1.29, 1.82) is 0 Å². The third kappa shape index (κ3) is 2.76. The first kappa shape index (κ1) is 22.7. The lowest BCUT2D eigenvalue weighted by Crippen LogP contribution is -2.50. The molecular formula is C29H33ClO3. The Morgan fingerprint density at radius 2 is 1.70 bits per heavy atom. The maximum absolute atomic E-state index is 14.2. The number of hydrogen-bond acceptors (Lipinski definition) is 3. The van der Waals surface area contributed by atoms with Gasteiger partial charge in [0.15, 0.2) is 5.78 Å². The number of allylic oxidation sites excluding steroid dienone is 1. The van der Waals surface area contributed by atoms with E-state index in [4.69, 9.17) is 16.3 Å². The predicted molar refractivity (Wildman–Crippen MR) is 133 cm³/mol. The quantitative estimate of drug-likeness (QED) is 0.535. The highest BCUT2D eigenvalue weighted by Gasteiger charge is 2.76. The summed E-state index contributed by atoms with van der Waals surface area (Å²) in [7, 11) is 0. The van der Waals surface area contributed by atoms with Crippen LogP contribution in [0.5, 0.6) is 0 Å². The van der Waals surface area contributed by atoms with E-state index >= 15 is 0 Å². The molecule has 2 bridgehead atoms. The Bertz CT molecular complexity index is 1190. The SMILES string of the molecule is CCc1cc(C)cc(CC)c1C1=C(O)[C@]2(C)[C@@H]3O[C@@H](CC3c3ccc(C)c(Cl)c3)[C@]2(C)C1=O. The summed E-state index contributed by atoms with van der Waals surface area (Å²) < 4.78 is 6.48. The van der Waals surface area contributed by atoms with Crippen LogP contribution >= 0.6 is 11.6 Å². The van der Waals surface area contributed by atoms with Gasteiger partial charge in [0.2, 0.25) is 0 Å². The molecule has 3 nitrogen and oxygen atoms in total. The van der Waals surface area contributed by atoms with Gasteiger partial charge in [0, 0.05) is 10.9 Å². The van der Waals surface area contributed by atoms with Crippen molar-refractivity contribution >= 4 is 23.0 Å². The second-order valence-electron chi connectivity index (χ2n) is 10.5. The Labute approximate surface area is 201 Å². The average Bonchev–Trinajstić information content (AvgIpc) is 3.38. The fourth-order valence-corrected chi connectivity index (χ4v) is 7.00. The standard InChI is InChI=1S/C29H33ClO3/c1-7-17-11-15(3)12-18(8-2)23(17)24-25(31)28(5)22-14-20(19-10-9-16(4)21(30)13-19)27(33-22)29(28,6)26(24)32/h9-13,20,22,27,32H,7-8,14H2,1-6H3/t20?,22-,27+,28+,29+/m0/s1. The second-order valence-corrected chi connectivity index (χ2v) is 10.9. The van der Waals surface area contributed by atoms with E-state index in [1.165, 1.54) is 5.56 Å². The van der Waals surface area contributed by atoms with Gasteiger partial charge in [-0.1, -0.05) is 55.3 Å². The van der Waals surface area contributed by atoms with Crippen LogP contribution in [0.1, 0.15) is 73.4 Å². The smallest absolute Gasteiger partial charge is 0.176 e. The molecule has 5 atom stereocenters. The molecule has 2 fully saturated rings. The number of Topliss-reactive ketones (excluding diaryl/α,β-unsaturated/α-hetero) is 1. The Morgan fingerprint density at radius 1 is 1.06 bits per heavy atom. The minimum absolute atomic E-state index is 0.0311. The minimum Gasteiger partial charge on any atom is -0.511 e. The van der Waals surface area contributed by atoms with Crippen LogP contribution in [0.25, 0.3) is 5.57 Å². The number of hydrogen-bond donors (Lipinski definition) is 1. The fourth-order valence-electron chi connectivity index (χ4n) is 6.81. The summed E-state index contributed by atoms with van der Waals surface area (Å²) in [4.78, 5) is 14.2. The molecule has 2 aromatic rings.